The average molecular weight is 243 g/mol. The second-order valence-electron chi connectivity index (χ2n) is 4.05. The predicted octanol–water partition coefficient (Wildman–Crippen LogP) is 4.19. The number of fused-ring (bicyclic) bond motifs is 1. The molecule has 3 aromatic rings. The van der Waals surface area contributed by atoms with Gasteiger partial charge in [0.2, 0.25) is 0 Å². The fourth-order valence-electron chi connectivity index (χ4n) is 2.01. The second kappa shape index (κ2) is 3.90. The van der Waals surface area contributed by atoms with Crippen molar-refractivity contribution in [2.24, 2.45) is 0 Å². The summed E-state index contributed by atoms with van der Waals surface area (Å²) < 4.78 is 0. The third kappa shape index (κ3) is 1.71. The number of nitrogens with zero attached hydrogens (tertiary/aromatic N) is 1. The molecule has 2 nitrogen and oxygen atoms in total. The molecule has 0 bridgehead atoms. The van der Waals surface area contributed by atoms with Gasteiger partial charge in [-0.1, -0.05) is 35.9 Å². The molecule has 0 aliphatic heterocycles. The molecule has 0 radical (unpaired) electrons. The Morgan fingerprint density at radius 3 is 2.76 bits per heavy atom. The third-order valence-electron chi connectivity index (χ3n) is 2.91. The van der Waals surface area contributed by atoms with Gasteiger partial charge in [-0.3, -0.25) is 4.98 Å². The number of aromatic nitrogens is 2. The number of H-pyrrole nitrogens is 1. The lowest BCUT2D eigenvalue weighted by molar-refractivity contribution is 1.39. The first-order valence-corrected chi connectivity index (χ1v) is 5.83. The molecule has 0 fully saturated rings. The summed E-state index contributed by atoms with van der Waals surface area (Å²) in [6.45, 7) is 2.09. The van der Waals surface area contributed by atoms with Crippen molar-refractivity contribution >= 4 is 22.6 Å². The smallest absolute Gasteiger partial charge is 0.0900 e. The van der Waals surface area contributed by atoms with E-state index in [4.69, 9.17) is 11.6 Å². The van der Waals surface area contributed by atoms with Gasteiger partial charge in [0.1, 0.15) is 0 Å². The topological polar surface area (TPSA) is 28.7 Å². The van der Waals surface area contributed by atoms with Gasteiger partial charge in [0.05, 0.1) is 16.1 Å². The minimum absolute atomic E-state index is 0.704. The van der Waals surface area contributed by atoms with Crippen molar-refractivity contribution in [1.29, 1.82) is 0 Å². The van der Waals surface area contributed by atoms with Crippen LogP contribution in [-0.4, -0.2) is 9.97 Å². The summed E-state index contributed by atoms with van der Waals surface area (Å²) in [6, 6.07) is 12.1. The quantitative estimate of drug-likeness (QED) is 0.681. The lowest BCUT2D eigenvalue weighted by Crippen LogP contribution is -1.81. The van der Waals surface area contributed by atoms with Crippen molar-refractivity contribution in [3.63, 3.8) is 0 Å². The van der Waals surface area contributed by atoms with E-state index in [-0.39, 0.29) is 0 Å². The number of hydrogen-bond donors (Lipinski definition) is 1. The van der Waals surface area contributed by atoms with E-state index in [1.807, 2.05) is 18.2 Å². The van der Waals surface area contributed by atoms with Crippen molar-refractivity contribution in [2.75, 3.05) is 0 Å². The summed E-state index contributed by atoms with van der Waals surface area (Å²) in [5.74, 6) is 0. The number of aryl methyl sites for hydroxylation is 1. The molecule has 2 heterocycles. The van der Waals surface area contributed by atoms with Crippen LogP contribution in [0, 0.1) is 6.92 Å². The number of aromatic amines is 1. The second-order valence-corrected chi connectivity index (χ2v) is 4.46. The summed E-state index contributed by atoms with van der Waals surface area (Å²) >= 11 is 6.13. The standard InChI is InChI=1S/C14H11ClN2/c1-9-4-2-3-5-10(9)12-8-13-14(17-12)11(15)6-7-16-13/h2-8,17H,1H3. The van der Waals surface area contributed by atoms with E-state index >= 15 is 0 Å². The van der Waals surface area contributed by atoms with Gasteiger partial charge in [-0.2, -0.15) is 0 Å². The van der Waals surface area contributed by atoms with Crippen LogP contribution in [-0.2, 0) is 0 Å². The van der Waals surface area contributed by atoms with Gasteiger partial charge in [0.15, 0.2) is 0 Å². The Morgan fingerprint density at radius 2 is 2.00 bits per heavy atom. The Morgan fingerprint density at radius 1 is 1.18 bits per heavy atom. The number of benzene rings is 1. The van der Waals surface area contributed by atoms with Gasteiger partial charge in [0, 0.05) is 17.5 Å². The molecule has 0 amide bonds. The van der Waals surface area contributed by atoms with Crippen LogP contribution >= 0.6 is 11.6 Å². The fourth-order valence-corrected chi connectivity index (χ4v) is 2.21. The van der Waals surface area contributed by atoms with Crippen LogP contribution in [0.1, 0.15) is 5.56 Å². The van der Waals surface area contributed by atoms with Crippen LogP contribution in [0.3, 0.4) is 0 Å². The molecule has 3 heteroatoms. The Bertz CT molecular complexity index is 686. The molecule has 0 saturated carbocycles. The molecular formula is C14H11ClN2. The number of pyridine rings is 1. The van der Waals surface area contributed by atoms with E-state index in [0.29, 0.717) is 5.02 Å². The molecule has 0 aliphatic carbocycles. The first-order valence-electron chi connectivity index (χ1n) is 5.45. The van der Waals surface area contributed by atoms with Gasteiger partial charge in [-0.05, 0) is 24.6 Å². The van der Waals surface area contributed by atoms with Gasteiger partial charge in [-0.25, -0.2) is 0 Å². The molecule has 0 saturated heterocycles. The largest absolute Gasteiger partial charge is 0.352 e. The van der Waals surface area contributed by atoms with E-state index in [0.717, 1.165) is 16.7 Å². The van der Waals surface area contributed by atoms with E-state index in [9.17, 15) is 0 Å². The van der Waals surface area contributed by atoms with Crippen LogP contribution in [0.25, 0.3) is 22.3 Å². The molecule has 0 unspecified atom stereocenters. The molecular weight excluding hydrogens is 232 g/mol. The summed E-state index contributed by atoms with van der Waals surface area (Å²) in [7, 11) is 0. The van der Waals surface area contributed by atoms with Crippen LogP contribution in [0.5, 0.6) is 0 Å². The SMILES string of the molecule is Cc1ccccc1-c1cc2nccc(Cl)c2[nH]1. The van der Waals surface area contributed by atoms with Gasteiger partial charge in [-0.15, -0.1) is 0 Å². The van der Waals surface area contributed by atoms with Crippen LogP contribution in [0.4, 0.5) is 0 Å². The van der Waals surface area contributed by atoms with E-state index in [1.165, 1.54) is 11.1 Å². The van der Waals surface area contributed by atoms with Crippen LogP contribution < -0.4 is 0 Å². The zero-order valence-corrected chi connectivity index (χ0v) is 10.1. The fraction of sp³-hybridized carbons (Fsp3) is 0.0714. The van der Waals surface area contributed by atoms with E-state index < -0.39 is 0 Å². The van der Waals surface area contributed by atoms with Gasteiger partial charge < -0.3 is 4.98 Å². The zero-order chi connectivity index (χ0) is 11.8. The zero-order valence-electron chi connectivity index (χ0n) is 9.37. The summed E-state index contributed by atoms with van der Waals surface area (Å²) in [4.78, 5) is 7.63. The molecule has 1 N–H and O–H groups in total. The van der Waals surface area contributed by atoms with Gasteiger partial charge >= 0.3 is 0 Å². The molecule has 0 aliphatic rings. The molecule has 0 spiro atoms. The summed E-state index contributed by atoms with van der Waals surface area (Å²) in [5, 5.41) is 0.704. The van der Waals surface area contributed by atoms with Crippen LogP contribution in [0.15, 0.2) is 42.6 Å². The molecule has 3 rings (SSSR count). The number of halogens is 1. The first-order chi connectivity index (χ1) is 8.25. The minimum Gasteiger partial charge on any atom is -0.352 e. The Labute approximate surface area is 104 Å². The Hall–Kier alpha value is -1.80. The maximum Gasteiger partial charge on any atom is 0.0900 e. The van der Waals surface area contributed by atoms with Crippen molar-refractivity contribution in [3.8, 4) is 11.3 Å². The van der Waals surface area contributed by atoms with E-state index in [1.54, 1.807) is 12.3 Å². The van der Waals surface area contributed by atoms with Gasteiger partial charge in [0.25, 0.3) is 0 Å². The molecule has 17 heavy (non-hydrogen) atoms. The highest BCUT2D eigenvalue weighted by Gasteiger charge is 2.08. The normalized spacial score (nSPS) is 10.9. The maximum atomic E-state index is 6.13. The third-order valence-corrected chi connectivity index (χ3v) is 3.22. The molecule has 0 atom stereocenters. The molecule has 84 valence electrons. The van der Waals surface area contributed by atoms with Crippen LogP contribution in [0.2, 0.25) is 5.02 Å². The van der Waals surface area contributed by atoms with E-state index in [2.05, 4.69) is 29.0 Å². The lowest BCUT2D eigenvalue weighted by atomic mass is 10.1. The Balaban J connectivity index is 2.26. The first kappa shape index (κ1) is 10.4. The molecule has 2 aromatic heterocycles. The Kier molecular flexibility index (Phi) is 2.37. The predicted molar refractivity (Wildman–Crippen MR) is 71.3 cm³/mol. The van der Waals surface area contributed by atoms with Crippen molar-refractivity contribution in [1.82, 2.24) is 9.97 Å². The number of nitrogens with one attached hydrogen (secondary N) is 1. The summed E-state index contributed by atoms with van der Waals surface area (Å²) in [6.07, 6.45) is 1.72. The highest BCUT2D eigenvalue weighted by molar-refractivity contribution is 6.34. The maximum absolute atomic E-state index is 6.13. The van der Waals surface area contributed by atoms with Crippen molar-refractivity contribution in [3.05, 3.63) is 53.2 Å². The van der Waals surface area contributed by atoms with Crippen molar-refractivity contribution in [2.45, 2.75) is 6.92 Å². The lowest BCUT2D eigenvalue weighted by Gasteiger charge is -2.01. The molecule has 1 aromatic carbocycles. The highest BCUT2D eigenvalue weighted by atomic mass is 35.5. The summed E-state index contributed by atoms with van der Waals surface area (Å²) in [5.41, 5.74) is 5.26. The number of rotatable bonds is 1. The number of hydrogen-bond acceptors (Lipinski definition) is 1. The highest BCUT2D eigenvalue weighted by Crippen LogP contribution is 2.28. The average Bonchev–Trinajstić information content (AvgIpc) is 2.75. The monoisotopic (exact) mass is 242 g/mol. The van der Waals surface area contributed by atoms with Crippen molar-refractivity contribution < 1.29 is 0 Å². The minimum atomic E-state index is 0.704.